The SMILES string of the molecule is COc1ccc(OCC2CNC(=O)O2)c(Br)c1. The van der Waals surface area contributed by atoms with Crippen molar-refractivity contribution < 1.29 is 19.0 Å². The van der Waals surface area contributed by atoms with E-state index in [1.54, 1.807) is 19.2 Å². The molecule has 1 aromatic rings. The van der Waals surface area contributed by atoms with E-state index in [4.69, 9.17) is 14.2 Å². The van der Waals surface area contributed by atoms with Crippen LogP contribution in [-0.4, -0.2) is 32.5 Å². The molecule has 0 saturated carbocycles. The number of halogens is 1. The molecule has 0 bridgehead atoms. The van der Waals surface area contributed by atoms with Crippen molar-refractivity contribution in [1.29, 1.82) is 0 Å². The normalized spacial score (nSPS) is 18.5. The van der Waals surface area contributed by atoms with Gasteiger partial charge in [0.05, 0.1) is 18.1 Å². The minimum Gasteiger partial charge on any atom is -0.497 e. The lowest BCUT2D eigenvalue weighted by molar-refractivity contribution is 0.104. The molecular formula is C11H12BrNO4. The summed E-state index contributed by atoms with van der Waals surface area (Å²) < 4.78 is 16.4. The Labute approximate surface area is 107 Å². The Balaban J connectivity index is 1.92. The summed E-state index contributed by atoms with van der Waals surface area (Å²) >= 11 is 3.38. The van der Waals surface area contributed by atoms with Crippen molar-refractivity contribution in [3.05, 3.63) is 22.7 Å². The number of benzene rings is 1. The number of nitrogens with one attached hydrogen (secondary N) is 1. The second kappa shape index (κ2) is 5.27. The molecule has 1 fully saturated rings. The molecule has 0 aromatic heterocycles. The molecule has 1 amide bonds. The van der Waals surface area contributed by atoms with Crippen LogP contribution in [0.3, 0.4) is 0 Å². The largest absolute Gasteiger partial charge is 0.497 e. The van der Waals surface area contributed by atoms with Gasteiger partial charge in [-0.1, -0.05) is 0 Å². The lowest BCUT2D eigenvalue weighted by Gasteiger charge is -2.12. The summed E-state index contributed by atoms with van der Waals surface area (Å²) in [6, 6.07) is 5.42. The molecule has 2 rings (SSSR count). The van der Waals surface area contributed by atoms with Crippen molar-refractivity contribution >= 4 is 22.0 Å². The van der Waals surface area contributed by atoms with Crippen LogP contribution >= 0.6 is 15.9 Å². The quantitative estimate of drug-likeness (QED) is 0.923. The van der Waals surface area contributed by atoms with Crippen molar-refractivity contribution in [1.82, 2.24) is 5.32 Å². The molecule has 1 saturated heterocycles. The molecule has 1 unspecified atom stereocenters. The number of methoxy groups -OCH3 is 1. The maximum Gasteiger partial charge on any atom is 0.407 e. The number of ether oxygens (including phenoxy) is 3. The number of alkyl carbamates (subject to hydrolysis) is 1. The van der Waals surface area contributed by atoms with Gasteiger partial charge >= 0.3 is 6.09 Å². The standard InChI is InChI=1S/C11H12BrNO4/c1-15-7-2-3-10(9(12)4-7)16-6-8-5-13-11(14)17-8/h2-4,8H,5-6H2,1H3,(H,13,14). The van der Waals surface area contributed by atoms with Gasteiger partial charge in [0.2, 0.25) is 0 Å². The van der Waals surface area contributed by atoms with Gasteiger partial charge in [0.15, 0.2) is 6.10 Å². The minimum absolute atomic E-state index is 0.239. The van der Waals surface area contributed by atoms with Crippen LogP contribution in [0.2, 0.25) is 0 Å². The van der Waals surface area contributed by atoms with E-state index in [0.717, 1.165) is 10.2 Å². The van der Waals surface area contributed by atoms with E-state index in [-0.39, 0.29) is 6.10 Å². The fourth-order valence-electron chi connectivity index (χ4n) is 1.43. The molecule has 1 aromatic carbocycles. The summed E-state index contributed by atoms with van der Waals surface area (Å²) in [5, 5.41) is 2.57. The van der Waals surface area contributed by atoms with Crippen LogP contribution in [0.4, 0.5) is 4.79 Å². The smallest absolute Gasteiger partial charge is 0.407 e. The minimum atomic E-state index is -0.396. The Bertz CT molecular complexity index is 424. The zero-order chi connectivity index (χ0) is 12.3. The van der Waals surface area contributed by atoms with E-state index < -0.39 is 6.09 Å². The highest BCUT2D eigenvalue weighted by Gasteiger charge is 2.23. The van der Waals surface area contributed by atoms with Crippen LogP contribution in [-0.2, 0) is 4.74 Å². The molecule has 1 heterocycles. The van der Waals surface area contributed by atoms with E-state index in [1.165, 1.54) is 0 Å². The van der Waals surface area contributed by atoms with Crippen LogP contribution in [0.15, 0.2) is 22.7 Å². The van der Waals surface area contributed by atoms with E-state index in [0.29, 0.717) is 18.9 Å². The monoisotopic (exact) mass is 301 g/mol. The van der Waals surface area contributed by atoms with Crippen LogP contribution in [0.5, 0.6) is 11.5 Å². The summed E-state index contributed by atoms with van der Waals surface area (Å²) in [5.41, 5.74) is 0. The molecule has 6 heteroatoms. The van der Waals surface area contributed by atoms with Crippen LogP contribution in [0.25, 0.3) is 0 Å². The Morgan fingerprint density at radius 1 is 1.59 bits per heavy atom. The number of cyclic esters (lactones) is 1. The number of amides is 1. The van der Waals surface area contributed by atoms with Gasteiger partial charge in [-0.05, 0) is 34.1 Å². The summed E-state index contributed by atoms with van der Waals surface area (Å²) in [6.45, 7) is 0.802. The number of hydrogen-bond acceptors (Lipinski definition) is 4. The lowest BCUT2D eigenvalue weighted by Crippen LogP contribution is -2.22. The fourth-order valence-corrected chi connectivity index (χ4v) is 1.91. The lowest BCUT2D eigenvalue weighted by atomic mass is 10.3. The Hall–Kier alpha value is -1.43. The zero-order valence-electron chi connectivity index (χ0n) is 9.23. The van der Waals surface area contributed by atoms with Gasteiger partial charge in [-0.2, -0.15) is 0 Å². The maximum absolute atomic E-state index is 10.8. The van der Waals surface area contributed by atoms with Crippen molar-refractivity contribution in [3.63, 3.8) is 0 Å². The van der Waals surface area contributed by atoms with Crippen molar-refractivity contribution in [3.8, 4) is 11.5 Å². The zero-order valence-corrected chi connectivity index (χ0v) is 10.8. The molecule has 0 radical (unpaired) electrons. The Morgan fingerprint density at radius 3 is 3.00 bits per heavy atom. The van der Waals surface area contributed by atoms with Gasteiger partial charge in [-0.3, -0.25) is 0 Å². The van der Waals surface area contributed by atoms with Gasteiger partial charge in [-0.25, -0.2) is 4.79 Å². The number of carbonyl (C=O) groups is 1. The summed E-state index contributed by atoms with van der Waals surface area (Å²) in [7, 11) is 1.60. The van der Waals surface area contributed by atoms with E-state index in [1.807, 2.05) is 6.07 Å². The van der Waals surface area contributed by atoms with Crippen LogP contribution < -0.4 is 14.8 Å². The maximum atomic E-state index is 10.8. The van der Waals surface area contributed by atoms with Gasteiger partial charge in [-0.15, -0.1) is 0 Å². The van der Waals surface area contributed by atoms with E-state index >= 15 is 0 Å². The third-order valence-corrected chi connectivity index (χ3v) is 2.93. The Morgan fingerprint density at radius 2 is 2.41 bits per heavy atom. The highest BCUT2D eigenvalue weighted by molar-refractivity contribution is 9.10. The number of hydrogen-bond donors (Lipinski definition) is 1. The first-order valence-corrected chi connectivity index (χ1v) is 5.89. The molecule has 0 spiro atoms. The average Bonchev–Trinajstić information content (AvgIpc) is 2.73. The van der Waals surface area contributed by atoms with Crippen molar-refractivity contribution in [2.24, 2.45) is 0 Å². The molecule has 92 valence electrons. The van der Waals surface area contributed by atoms with Crippen molar-refractivity contribution in [2.45, 2.75) is 6.10 Å². The highest BCUT2D eigenvalue weighted by Crippen LogP contribution is 2.29. The summed E-state index contributed by atoms with van der Waals surface area (Å²) in [5.74, 6) is 1.44. The molecular weight excluding hydrogens is 290 g/mol. The summed E-state index contributed by atoms with van der Waals surface area (Å²) in [6.07, 6.45) is -0.635. The second-order valence-corrected chi connectivity index (χ2v) is 4.37. The average molecular weight is 302 g/mol. The molecule has 1 aliphatic rings. The predicted molar refractivity (Wildman–Crippen MR) is 64.5 cm³/mol. The Kier molecular flexibility index (Phi) is 3.73. The van der Waals surface area contributed by atoms with Crippen molar-refractivity contribution in [2.75, 3.05) is 20.3 Å². The molecule has 1 N–H and O–H groups in total. The van der Waals surface area contributed by atoms with Gasteiger partial charge in [0.25, 0.3) is 0 Å². The van der Waals surface area contributed by atoms with Crippen LogP contribution in [0.1, 0.15) is 0 Å². The van der Waals surface area contributed by atoms with E-state index in [9.17, 15) is 4.79 Å². The third kappa shape index (κ3) is 3.03. The topological polar surface area (TPSA) is 56.8 Å². The highest BCUT2D eigenvalue weighted by atomic mass is 79.9. The van der Waals surface area contributed by atoms with Crippen LogP contribution in [0, 0.1) is 0 Å². The van der Waals surface area contributed by atoms with Gasteiger partial charge in [0.1, 0.15) is 18.1 Å². The first-order chi connectivity index (χ1) is 8.19. The molecule has 5 nitrogen and oxygen atoms in total. The number of rotatable bonds is 4. The molecule has 1 atom stereocenters. The van der Waals surface area contributed by atoms with E-state index in [2.05, 4.69) is 21.2 Å². The molecule has 17 heavy (non-hydrogen) atoms. The van der Waals surface area contributed by atoms with Gasteiger partial charge in [0, 0.05) is 0 Å². The predicted octanol–water partition coefficient (Wildman–Crippen LogP) is 1.94. The first-order valence-electron chi connectivity index (χ1n) is 5.10. The third-order valence-electron chi connectivity index (χ3n) is 2.31. The second-order valence-electron chi connectivity index (χ2n) is 3.52. The number of carbonyl (C=O) groups excluding carboxylic acids is 1. The first kappa shape index (κ1) is 12.0. The van der Waals surface area contributed by atoms with Gasteiger partial charge < -0.3 is 19.5 Å². The molecule has 1 aliphatic heterocycles. The fraction of sp³-hybridized carbons (Fsp3) is 0.364. The summed E-state index contributed by atoms with van der Waals surface area (Å²) in [4.78, 5) is 10.8. The molecule has 0 aliphatic carbocycles.